The Kier molecular flexibility index (Phi) is 10.1. The highest BCUT2D eigenvalue weighted by molar-refractivity contribution is 14.0. The van der Waals surface area contributed by atoms with Crippen molar-refractivity contribution in [2.45, 2.75) is 64.6 Å². The van der Waals surface area contributed by atoms with Crippen LogP contribution in [0.4, 0.5) is 0 Å². The zero-order valence-electron chi connectivity index (χ0n) is 19.6. The lowest BCUT2D eigenvalue weighted by Gasteiger charge is -2.35. The third-order valence-electron chi connectivity index (χ3n) is 6.52. The molecule has 2 aliphatic rings. The summed E-state index contributed by atoms with van der Waals surface area (Å²) >= 11 is 0. The van der Waals surface area contributed by atoms with Crippen molar-refractivity contribution in [1.82, 2.24) is 15.2 Å². The van der Waals surface area contributed by atoms with Crippen molar-refractivity contribution in [3.8, 4) is 0 Å². The number of nitrogens with one attached hydrogen (secondary N) is 2. The Bertz CT molecular complexity index is 855. The van der Waals surface area contributed by atoms with Crippen LogP contribution in [0.2, 0.25) is 0 Å². The third-order valence-corrected chi connectivity index (χ3v) is 6.52. The Labute approximate surface area is 209 Å². The summed E-state index contributed by atoms with van der Waals surface area (Å²) in [4.78, 5) is 10.8. The molecule has 0 saturated carbocycles. The number of rotatable bonds is 7. The molecule has 2 N–H and O–H groups in total. The molecule has 178 valence electrons. The van der Waals surface area contributed by atoms with Gasteiger partial charge in [-0.1, -0.05) is 18.2 Å². The average molecular weight is 555 g/mol. The second kappa shape index (κ2) is 12.8. The number of fused-ring (bicyclic) bond motifs is 1. The Morgan fingerprint density at radius 2 is 2.03 bits per heavy atom. The van der Waals surface area contributed by atoms with Crippen LogP contribution < -0.4 is 5.32 Å². The number of piperidine rings is 1. The number of nitrogens with zero attached hydrogens (tertiary/aromatic N) is 2. The lowest BCUT2D eigenvalue weighted by Crippen LogP contribution is -2.47. The largest absolute Gasteiger partial charge is 0.376 e. The summed E-state index contributed by atoms with van der Waals surface area (Å²) in [7, 11) is 0. The molecule has 2 fully saturated rings. The standard InChI is InChI=1S/C25H38N4O2.HI/c1-3-26-25(27-14-11-22-19(2)28-24-10-5-4-9-23(22)24)29-15-12-20(13-16-29)31-18-21-8-6-7-17-30-21;/h4-5,9-10,20-21,28H,3,6-8,11-18H2,1-2H3,(H,26,27);1H. The van der Waals surface area contributed by atoms with E-state index >= 15 is 0 Å². The van der Waals surface area contributed by atoms with E-state index < -0.39 is 0 Å². The Balaban J connectivity index is 0.00000289. The van der Waals surface area contributed by atoms with E-state index in [0.717, 1.165) is 71.0 Å². The molecule has 0 aliphatic carbocycles. The number of para-hydroxylation sites is 1. The first-order valence-electron chi connectivity index (χ1n) is 12.1. The number of aryl methyl sites for hydroxylation is 1. The molecule has 1 unspecified atom stereocenters. The van der Waals surface area contributed by atoms with Gasteiger partial charge in [-0.25, -0.2) is 0 Å². The van der Waals surface area contributed by atoms with Crippen LogP contribution in [0.5, 0.6) is 0 Å². The molecule has 0 radical (unpaired) electrons. The molecule has 0 bridgehead atoms. The van der Waals surface area contributed by atoms with Crippen molar-refractivity contribution < 1.29 is 9.47 Å². The van der Waals surface area contributed by atoms with Gasteiger partial charge in [-0.2, -0.15) is 0 Å². The molecule has 2 aliphatic heterocycles. The van der Waals surface area contributed by atoms with Crippen molar-refractivity contribution in [1.29, 1.82) is 0 Å². The van der Waals surface area contributed by atoms with Gasteiger partial charge in [0.05, 0.1) is 18.8 Å². The quantitative estimate of drug-likeness (QED) is 0.297. The average Bonchev–Trinajstić information content (AvgIpc) is 3.13. The van der Waals surface area contributed by atoms with Crippen molar-refractivity contribution in [2.24, 2.45) is 4.99 Å². The van der Waals surface area contributed by atoms with Gasteiger partial charge in [-0.05, 0) is 64.0 Å². The van der Waals surface area contributed by atoms with E-state index in [1.807, 2.05) is 0 Å². The molecule has 4 rings (SSSR count). The normalized spacial score (nSPS) is 20.4. The molecule has 7 heteroatoms. The number of aliphatic imine (C=N–C) groups is 1. The Morgan fingerprint density at radius 1 is 1.22 bits per heavy atom. The minimum atomic E-state index is 0. The van der Waals surface area contributed by atoms with Crippen molar-refractivity contribution in [3.63, 3.8) is 0 Å². The van der Waals surface area contributed by atoms with Crippen molar-refractivity contribution >= 4 is 40.8 Å². The first-order chi connectivity index (χ1) is 15.2. The van der Waals surface area contributed by atoms with Crippen LogP contribution in [-0.2, 0) is 15.9 Å². The maximum atomic E-state index is 6.18. The summed E-state index contributed by atoms with van der Waals surface area (Å²) in [5.41, 5.74) is 3.85. The zero-order valence-corrected chi connectivity index (χ0v) is 21.9. The number of ether oxygens (including phenoxy) is 2. The summed E-state index contributed by atoms with van der Waals surface area (Å²) in [6, 6.07) is 8.54. The molecule has 1 aromatic carbocycles. The van der Waals surface area contributed by atoms with Crippen LogP contribution in [0, 0.1) is 6.92 Å². The van der Waals surface area contributed by atoms with E-state index in [2.05, 4.69) is 53.3 Å². The highest BCUT2D eigenvalue weighted by atomic mass is 127. The Hall–Kier alpha value is -1.32. The van der Waals surface area contributed by atoms with Gasteiger partial charge in [-0.15, -0.1) is 24.0 Å². The fourth-order valence-corrected chi connectivity index (χ4v) is 4.77. The molecular formula is C25H39IN4O2. The second-order valence-electron chi connectivity index (χ2n) is 8.77. The van der Waals surface area contributed by atoms with E-state index in [-0.39, 0.29) is 24.0 Å². The minimum absolute atomic E-state index is 0. The molecule has 2 aromatic rings. The number of benzene rings is 1. The molecule has 0 spiro atoms. The van der Waals surface area contributed by atoms with E-state index in [9.17, 15) is 0 Å². The Morgan fingerprint density at radius 3 is 2.78 bits per heavy atom. The molecular weight excluding hydrogens is 515 g/mol. The van der Waals surface area contributed by atoms with Crippen molar-refractivity contribution in [2.75, 3.05) is 39.4 Å². The van der Waals surface area contributed by atoms with E-state index in [4.69, 9.17) is 14.5 Å². The monoisotopic (exact) mass is 554 g/mol. The van der Waals surface area contributed by atoms with Gasteiger partial charge in [0.2, 0.25) is 0 Å². The van der Waals surface area contributed by atoms with Gasteiger partial charge >= 0.3 is 0 Å². The van der Waals surface area contributed by atoms with Crippen LogP contribution >= 0.6 is 24.0 Å². The number of hydrogen-bond donors (Lipinski definition) is 2. The van der Waals surface area contributed by atoms with Gasteiger partial charge in [0, 0.05) is 49.4 Å². The highest BCUT2D eigenvalue weighted by Crippen LogP contribution is 2.22. The second-order valence-corrected chi connectivity index (χ2v) is 8.77. The van der Waals surface area contributed by atoms with E-state index in [0.29, 0.717) is 12.2 Å². The van der Waals surface area contributed by atoms with Crippen LogP contribution in [0.25, 0.3) is 10.9 Å². The highest BCUT2D eigenvalue weighted by Gasteiger charge is 2.23. The van der Waals surface area contributed by atoms with E-state index in [1.54, 1.807) is 0 Å². The fourth-order valence-electron chi connectivity index (χ4n) is 4.77. The lowest BCUT2D eigenvalue weighted by molar-refractivity contribution is -0.0721. The molecule has 2 saturated heterocycles. The topological polar surface area (TPSA) is 61.9 Å². The molecule has 1 aromatic heterocycles. The van der Waals surface area contributed by atoms with E-state index in [1.165, 1.54) is 35.0 Å². The molecule has 0 amide bonds. The first kappa shape index (κ1) is 25.3. The van der Waals surface area contributed by atoms with Gasteiger partial charge in [0.15, 0.2) is 5.96 Å². The number of aromatic nitrogens is 1. The van der Waals surface area contributed by atoms with Crippen LogP contribution in [0.1, 0.15) is 50.3 Å². The third kappa shape index (κ3) is 6.60. The predicted molar refractivity (Wildman–Crippen MR) is 142 cm³/mol. The summed E-state index contributed by atoms with van der Waals surface area (Å²) in [5.74, 6) is 1.04. The number of guanidine groups is 1. The SMILES string of the molecule is CCNC(=NCCc1c(C)[nH]c2ccccc12)N1CCC(OCC2CCCCO2)CC1.I. The van der Waals surface area contributed by atoms with Gasteiger partial charge < -0.3 is 24.7 Å². The number of aromatic amines is 1. The van der Waals surface area contributed by atoms with Gasteiger partial charge in [0.25, 0.3) is 0 Å². The predicted octanol–water partition coefficient (Wildman–Crippen LogP) is 4.65. The number of likely N-dealkylation sites (tertiary alicyclic amines) is 1. The number of H-pyrrole nitrogens is 1. The fraction of sp³-hybridized carbons (Fsp3) is 0.640. The summed E-state index contributed by atoms with van der Waals surface area (Å²) in [6.45, 7) is 9.62. The molecule has 6 nitrogen and oxygen atoms in total. The van der Waals surface area contributed by atoms with Crippen LogP contribution in [0.3, 0.4) is 0 Å². The summed E-state index contributed by atoms with van der Waals surface area (Å²) in [6.07, 6.45) is 7.32. The van der Waals surface area contributed by atoms with Crippen molar-refractivity contribution in [3.05, 3.63) is 35.5 Å². The minimum Gasteiger partial charge on any atom is -0.376 e. The zero-order chi connectivity index (χ0) is 21.5. The molecule has 32 heavy (non-hydrogen) atoms. The maximum absolute atomic E-state index is 6.18. The first-order valence-corrected chi connectivity index (χ1v) is 12.1. The van der Waals surface area contributed by atoms with Crippen LogP contribution in [0.15, 0.2) is 29.3 Å². The smallest absolute Gasteiger partial charge is 0.193 e. The number of hydrogen-bond acceptors (Lipinski definition) is 3. The number of halogens is 1. The molecule has 1 atom stereocenters. The van der Waals surface area contributed by atoms with Gasteiger partial charge in [0.1, 0.15) is 0 Å². The maximum Gasteiger partial charge on any atom is 0.193 e. The summed E-state index contributed by atoms with van der Waals surface area (Å²) in [5, 5.41) is 4.81. The lowest BCUT2D eigenvalue weighted by atomic mass is 10.1. The molecule has 3 heterocycles. The van der Waals surface area contributed by atoms with Gasteiger partial charge in [-0.3, -0.25) is 4.99 Å². The summed E-state index contributed by atoms with van der Waals surface area (Å²) < 4.78 is 12.0. The van der Waals surface area contributed by atoms with Crippen LogP contribution in [-0.4, -0.2) is 67.4 Å².